The summed E-state index contributed by atoms with van der Waals surface area (Å²) < 4.78 is 4.74. The first-order valence-electron chi connectivity index (χ1n) is 4.87. The number of rotatable bonds is 5. The molecule has 0 bridgehead atoms. The van der Waals surface area contributed by atoms with Crippen LogP contribution in [-0.2, 0) is 14.3 Å². The number of piperidine rings is 1. The minimum absolute atomic E-state index is 0.222. The predicted octanol–water partition coefficient (Wildman–Crippen LogP) is -1.61. The first kappa shape index (κ1) is 12.1. The van der Waals surface area contributed by atoms with Gasteiger partial charge in [0.1, 0.15) is 0 Å². The molecule has 1 aliphatic heterocycles. The molecule has 86 valence electrons. The molecule has 3 N–H and O–H groups in total. The van der Waals surface area contributed by atoms with Gasteiger partial charge in [0, 0.05) is 20.1 Å². The number of aliphatic hydroxyl groups is 1. The summed E-state index contributed by atoms with van der Waals surface area (Å²) in [5.41, 5.74) is 0. The van der Waals surface area contributed by atoms with Crippen LogP contribution in [-0.4, -0.2) is 49.3 Å². The number of carbonyl (C=O) groups excluding carboxylic acids is 2. The van der Waals surface area contributed by atoms with Crippen LogP contribution in [0, 0.1) is 0 Å². The maximum atomic E-state index is 11.3. The molecular formula is C9H16N2O4. The Hall–Kier alpha value is -0.980. The van der Waals surface area contributed by atoms with Gasteiger partial charge < -0.3 is 15.2 Å². The summed E-state index contributed by atoms with van der Waals surface area (Å²) >= 11 is 0. The molecule has 2 amide bonds. The standard InChI is InChI=1S/C9H16N2O4/c1-15-5-6(12)4-10-7-2-3-8(13)11-9(7)14/h6-7,10,12H,2-5H2,1H3,(H,11,13,14). The molecule has 0 aromatic heterocycles. The van der Waals surface area contributed by atoms with Gasteiger partial charge in [0.25, 0.3) is 0 Å². The molecular weight excluding hydrogens is 200 g/mol. The molecule has 0 aromatic rings. The summed E-state index contributed by atoms with van der Waals surface area (Å²) in [5.74, 6) is -0.564. The Morgan fingerprint density at radius 2 is 2.40 bits per heavy atom. The Labute approximate surface area is 88.0 Å². The molecule has 1 heterocycles. The summed E-state index contributed by atoms with van der Waals surface area (Å²) in [6, 6.07) is -0.394. The second-order valence-electron chi connectivity index (χ2n) is 3.52. The van der Waals surface area contributed by atoms with Crippen molar-refractivity contribution < 1.29 is 19.4 Å². The molecule has 6 nitrogen and oxygen atoms in total. The van der Waals surface area contributed by atoms with E-state index in [1.165, 1.54) is 7.11 Å². The molecule has 6 heteroatoms. The number of hydrogen-bond donors (Lipinski definition) is 3. The number of amides is 2. The lowest BCUT2D eigenvalue weighted by atomic mass is 10.1. The van der Waals surface area contributed by atoms with E-state index in [2.05, 4.69) is 10.6 Å². The summed E-state index contributed by atoms with van der Waals surface area (Å²) in [6.45, 7) is 0.500. The van der Waals surface area contributed by atoms with Gasteiger partial charge in [-0.05, 0) is 6.42 Å². The van der Waals surface area contributed by atoms with E-state index in [1.807, 2.05) is 0 Å². The quantitative estimate of drug-likeness (QED) is 0.481. The largest absolute Gasteiger partial charge is 0.389 e. The molecule has 0 radical (unpaired) electrons. The van der Waals surface area contributed by atoms with E-state index >= 15 is 0 Å². The first-order valence-corrected chi connectivity index (χ1v) is 4.87. The highest BCUT2D eigenvalue weighted by Gasteiger charge is 2.26. The van der Waals surface area contributed by atoms with Crippen molar-refractivity contribution in [2.24, 2.45) is 0 Å². The van der Waals surface area contributed by atoms with Crippen molar-refractivity contribution in [3.8, 4) is 0 Å². The normalized spacial score (nSPS) is 23.7. The lowest BCUT2D eigenvalue weighted by Gasteiger charge is -2.23. The lowest BCUT2D eigenvalue weighted by molar-refractivity contribution is -0.134. The molecule has 1 saturated heterocycles. The highest BCUT2D eigenvalue weighted by Crippen LogP contribution is 2.03. The lowest BCUT2D eigenvalue weighted by Crippen LogP contribution is -2.52. The monoisotopic (exact) mass is 216 g/mol. The molecule has 15 heavy (non-hydrogen) atoms. The molecule has 2 unspecified atom stereocenters. The second-order valence-corrected chi connectivity index (χ2v) is 3.52. The molecule has 0 aromatic carbocycles. The van der Waals surface area contributed by atoms with Crippen molar-refractivity contribution in [3.05, 3.63) is 0 Å². The highest BCUT2D eigenvalue weighted by molar-refractivity contribution is 6.00. The van der Waals surface area contributed by atoms with Gasteiger partial charge in [-0.2, -0.15) is 0 Å². The van der Waals surface area contributed by atoms with E-state index in [4.69, 9.17) is 4.74 Å². The van der Waals surface area contributed by atoms with Crippen LogP contribution in [0.1, 0.15) is 12.8 Å². The fourth-order valence-corrected chi connectivity index (χ4v) is 1.42. The zero-order chi connectivity index (χ0) is 11.3. The molecule has 0 spiro atoms. The van der Waals surface area contributed by atoms with Gasteiger partial charge in [-0.1, -0.05) is 0 Å². The third-order valence-corrected chi connectivity index (χ3v) is 2.20. The molecule has 0 aliphatic carbocycles. The van der Waals surface area contributed by atoms with Crippen molar-refractivity contribution >= 4 is 11.8 Å². The third kappa shape index (κ3) is 3.94. The maximum absolute atomic E-state index is 11.3. The first-order chi connectivity index (χ1) is 7.13. The van der Waals surface area contributed by atoms with Crippen molar-refractivity contribution in [2.75, 3.05) is 20.3 Å². The van der Waals surface area contributed by atoms with Crippen LogP contribution >= 0.6 is 0 Å². The third-order valence-electron chi connectivity index (χ3n) is 2.20. The zero-order valence-corrected chi connectivity index (χ0v) is 8.66. The zero-order valence-electron chi connectivity index (χ0n) is 8.66. The number of ether oxygens (including phenoxy) is 1. The van der Waals surface area contributed by atoms with Gasteiger partial charge in [0.15, 0.2) is 0 Å². The van der Waals surface area contributed by atoms with E-state index < -0.39 is 12.1 Å². The van der Waals surface area contributed by atoms with E-state index in [0.29, 0.717) is 12.8 Å². The van der Waals surface area contributed by atoms with Crippen LogP contribution < -0.4 is 10.6 Å². The van der Waals surface area contributed by atoms with Crippen LogP contribution in [0.4, 0.5) is 0 Å². The summed E-state index contributed by atoms with van der Waals surface area (Å²) in [7, 11) is 1.50. The van der Waals surface area contributed by atoms with E-state index in [0.717, 1.165) is 0 Å². The van der Waals surface area contributed by atoms with Gasteiger partial charge in [0.05, 0.1) is 18.8 Å². The SMILES string of the molecule is COCC(O)CNC1CCC(=O)NC1=O. The van der Waals surface area contributed by atoms with Crippen LogP contribution in [0.25, 0.3) is 0 Å². The number of nitrogens with one attached hydrogen (secondary N) is 2. The smallest absolute Gasteiger partial charge is 0.243 e. The topological polar surface area (TPSA) is 87.7 Å². The fourth-order valence-electron chi connectivity index (χ4n) is 1.42. The van der Waals surface area contributed by atoms with Gasteiger partial charge in [-0.25, -0.2) is 0 Å². The summed E-state index contributed by atoms with van der Waals surface area (Å²) in [6.07, 6.45) is 0.175. The summed E-state index contributed by atoms with van der Waals surface area (Å²) in [5, 5.41) is 14.4. The average Bonchev–Trinajstić information content (AvgIpc) is 2.17. The Morgan fingerprint density at radius 3 is 3.00 bits per heavy atom. The Kier molecular flexibility index (Phi) is 4.67. The van der Waals surface area contributed by atoms with Crippen molar-refractivity contribution in [1.82, 2.24) is 10.6 Å². The van der Waals surface area contributed by atoms with Crippen LogP contribution in [0.3, 0.4) is 0 Å². The van der Waals surface area contributed by atoms with Crippen LogP contribution in [0.15, 0.2) is 0 Å². The predicted molar refractivity (Wildman–Crippen MR) is 52.1 cm³/mol. The van der Waals surface area contributed by atoms with Crippen LogP contribution in [0.2, 0.25) is 0 Å². The Balaban J connectivity index is 2.26. The summed E-state index contributed by atoms with van der Waals surface area (Å²) in [4.78, 5) is 22.1. The van der Waals surface area contributed by atoms with E-state index in [-0.39, 0.29) is 25.0 Å². The van der Waals surface area contributed by atoms with Gasteiger partial charge in [-0.3, -0.25) is 14.9 Å². The van der Waals surface area contributed by atoms with E-state index in [9.17, 15) is 14.7 Å². The van der Waals surface area contributed by atoms with Gasteiger partial charge in [0.2, 0.25) is 11.8 Å². The molecule has 0 saturated carbocycles. The Morgan fingerprint density at radius 1 is 1.67 bits per heavy atom. The van der Waals surface area contributed by atoms with Gasteiger partial charge in [-0.15, -0.1) is 0 Å². The molecule has 1 aliphatic rings. The Bertz CT molecular complexity index is 244. The average molecular weight is 216 g/mol. The molecule has 2 atom stereocenters. The van der Waals surface area contributed by atoms with E-state index in [1.54, 1.807) is 0 Å². The number of carbonyl (C=O) groups is 2. The van der Waals surface area contributed by atoms with Crippen molar-refractivity contribution in [1.29, 1.82) is 0 Å². The van der Waals surface area contributed by atoms with Crippen molar-refractivity contribution in [2.45, 2.75) is 25.0 Å². The number of hydrogen-bond acceptors (Lipinski definition) is 5. The van der Waals surface area contributed by atoms with Gasteiger partial charge >= 0.3 is 0 Å². The number of imide groups is 1. The second kappa shape index (κ2) is 5.79. The van der Waals surface area contributed by atoms with Crippen molar-refractivity contribution in [3.63, 3.8) is 0 Å². The highest BCUT2D eigenvalue weighted by atomic mass is 16.5. The minimum atomic E-state index is -0.638. The maximum Gasteiger partial charge on any atom is 0.243 e. The molecule has 1 fully saturated rings. The number of methoxy groups -OCH3 is 1. The van der Waals surface area contributed by atoms with Crippen LogP contribution in [0.5, 0.6) is 0 Å². The fraction of sp³-hybridized carbons (Fsp3) is 0.778. The minimum Gasteiger partial charge on any atom is -0.389 e. The number of aliphatic hydroxyl groups excluding tert-OH is 1. The molecule has 1 rings (SSSR count).